The molecule has 0 amide bonds. The van der Waals surface area contributed by atoms with Crippen molar-refractivity contribution in [2.45, 2.75) is 40.3 Å². The van der Waals surface area contributed by atoms with Crippen LogP contribution in [-0.4, -0.2) is 12.3 Å². The average molecular weight is 359 g/mol. The first-order valence-electron chi connectivity index (χ1n) is 8.71. The summed E-state index contributed by atoms with van der Waals surface area (Å²) in [7, 11) is 0. The minimum Gasteiger partial charge on any atom is -0.285 e. The lowest BCUT2D eigenvalue weighted by Crippen LogP contribution is -2.11. The molecule has 0 N–H and O–H groups in total. The van der Waals surface area contributed by atoms with Crippen LogP contribution in [0.5, 0.6) is 0 Å². The van der Waals surface area contributed by atoms with Crippen LogP contribution in [0.4, 0.5) is 13.2 Å². The molecule has 0 aliphatic rings. The highest BCUT2D eigenvalue weighted by molar-refractivity contribution is 6.11. The van der Waals surface area contributed by atoms with E-state index >= 15 is 0 Å². The van der Waals surface area contributed by atoms with Gasteiger partial charge in [0, 0.05) is 12.1 Å². The number of hydrogen-bond acceptors (Lipinski definition) is 1. The summed E-state index contributed by atoms with van der Waals surface area (Å²) in [6, 6.07) is 10.3. The van der Waals surface area contributed by atoms with Crippen LogP contribution in [-0.2, 0) is 6.18 Å². The topological polar surface area (TPSA) is 12.4 Å². The minimum absolute atomic E-state index is 0.208. The number of benzene rings is 2. The molecule has 0 radical (unpaired) electrons. The summed E-state index contributed by atoms with van der Waals surface area (Å²) in [6.07, 6.45) is 0.176. The molecule has 0 saturated carbocycles. The quantitative estimate of drug-likeness (QED) is 0.537. The molecule has 2 rings (SSSR count). The Labute approximate surface area is 153 Å². The Hall–Kier alpha value is -2.36. The molecular formula is C22H24F3N. The second-order valence-corrected chi connectivity index (χ2v) is 6.42. The molecule has 0 saturated heterocycles. The van der Waals surface area contributed by atoms with Crippen LogP contribution in [0.1, 0.15) is 46.7 Å². The van der Waals surface area contributed by atoms with Crippen LogP contribution in [0, 0.1) is 20.8 Å². The highest BCUT2D eigenvalue weighted by atomic mass is 19.4. The molecule has 0 atom stereocenters. The zero-order chi connectivity index (χ0) is 19.3. The Kier molecular flexibility index (Phi) is 6.41. The lowest BCUT2D eigenvalue weighted by atomic mass is 9.97. The molecule has 138 valence electrons. The van der Waals surface area contributed by atoms with Gasteiger partial charge in [0.25, 0.3) is 0 Å². The Balaban J connectivity index is 2.46. The zero-order valence-electron chi connectivity index (χ0n) is 15.6. The molecular weight excluding hydrogens is 335 g/mol. The zero-order valence-corrected chi connectivity index (χ0v) is 15.6. The fourth-order valence-electron chi connectivity index (χ4n) is 2.72. The molecule has 4 heteroatoms. The predicted octanol–water partition coefficient (Wildman–Crippen LogP) is 6.54. The first kappa shape index (κ1) is 20.0. The maximum atomic E-state index is 13.2. The van der Waals surface area contributed by atoms with Crippen molar-refractivity contribution in [3.63, 3.8) is 0 Å². The number of nitrogens with zero attached hydrogens (tertiary/aromatic N) is 1. The second-order valence-electron chi connectivity index (χ2n) is 6.42. The lowest BCUT2D eigenvalue weighted by Gasteiger charge is -2.14. The van der Waals surface area contributed by atoms with Crippen molar-refractivity contribution < 1.29 is 13.2 Å². The van der Waals surface area contributed by atoms with Crippen LogP contribution < -0.4 is 0 Å². The Morgan fingerprint density at radius 2 is 1.77 bits per heavy atom. The van der Waals surface area contributed by atoms with Gasteiger partial charge in [0.05, 0.1) is 11.3 Å². The van der Waals surface area contributed by atoms with Gasteiger partial charge < -0.3 is 0 Å². The van der Waals surface area contributed by atoms with Gasteiger partial charge in [-0.05, 0) is 61.6 Å². The average Bonchev–Trinajstić information content (AvgIpc) is 2.57. The van der Waals surface area contributed by atoms with Crippen molar-refractivity contribution in [2.24, 2.45) is 4.99 Å². The molecule has 1 nitrogen and oxygen atoms in total. The van der Waals surface area contributed by atoms with Gasteiger partial charge in [-0.3, -0.25) is 4.99 Å². The number of halogens is 3. The van der Waals surface area contributed by atoms with Crippen molar-refractivity contribution in [3.8, 4) is 0 Å². The minimum atomic E-state index is -4.37. The monoisotopic (exact) mass is 359 g/mol. The van der Waals surface area contributed by atoms with Gasteiger partial charge >= 0.3 is 6.18 Å². The molecule has 0 heterocycles. The maximum absolute atomic E-state index is 13.2. The molecule has 2 aromatic rings. The van der Waals surface area contributed by atoms with Crippen molar-refractivity contribution in [1.29, 1.82) is 0 Å². The van der Waals surface area contributed by atoms with E-state index in [4.69, 9.17) is 0 Å². The number of aliphatic imine (C=N–C) groups is 1. The van der Waals surface area contributed by atoms with E-state index in [1.165, 1.54) is 24.1 Å². The van der Waals surface area contributed by atoms with Crippen LogP contribution in [0.2, 0.25) is 0 Å². The van der Waals surface area contributed by atoms with E-state index in [1.54, 1.807) is 6.07 Å². The largest absolute Gasteiger partial charge is 0.416 e. The number of hydrogen-bond donors (Lipinski definition) is 0. The third kappa shape index (κ3) is 4.84. The molecule has 0 aliphatic heterocycles. The van der Waals surface area contributed by atoms with Crippen LogP contribution in [0.3, 0.4) is 0 Å². The van der Waals surface area contributed by atoms with Gasteiger partial charge in [-0.1, -0.05) is 43.3 Å². The number of alkyl halides is 3. The van der Waals surface area contributed by atoms with Crippen molar-refractivity contribution in [1.82, 2.24) is 0 Å². The van der Waals surface area contributed by atoms with Crippen molar-refractivity contribution in [3.05, 3.63) is 75.9 Å². The predicted molar refractivity (Wildman–Crippen MR) is 103 cm³/mol. The van der Waals surface area contributed by atoms with E-state index in [-0.39, 0.29) is 5.56 Å². The summed E-state index contributed by atoms with van der Waals surface area (Å²) < 4.78 is 39.7. The molecule has 2 aromatic carbocycles. The molecule has 0 bridgehead atoms. The van der Waals surface area contributed by atoms with E-state index in [2.05, 4.69) is 11.1 Å². The summed E-state index contributed by atoms with van der Waals surface area (Å²) in [6.45, 7) is 8.15. The molecule has 0 aromatic heterocycles. The molecule has 0 spiro atoms. The van der Waals surface area contributed by atoms with E-state index < -0.39 is 11.7 Å². The molecule has 0 unspecified atom stereocenters. The Morgan fingerprint density at radius 1 is 1.04 bits per heavy atom. The second kappa shape index (κ2) is 8.35. The molecule has 0 aliphatic carbocycles. The fourth-order valence-corrected chi connectivity index (χ4v) is 2.72. The van der Waals surface area contributed by atoms with Gasteiger partial charge in [0.15, 0.2) is 0 Å². The SMILES string of the molecule is CCCN=C(/C=C/c1ccc(C)c(C)c1)c1cccc(C(F)(F)F)c1C. The fraction of sp³-hybridized carbons (Fsp3) is 0.318. The number of rotatable bonds is 5. The first-order valence-corrected chi connectivity index (χ1v) is 8.71. The molecule has 26 heavy (non-hydrogen) atoms. The van der Waals surface area contributed by atoms with Crippen molar-refractivity contribution in [2.75, 3.05) is 6.54 Å². The first-order chi connectivity index (χ1) is 12.2. The van der Waals surface area contributed by atoms with Gasteiger partial charge in [-0.2, -0.15) is 13.2 Å². The highest BCUT2D eigenvalue weighted by Crippen LogP contribution is 2.33. The summed E-state index contributed by atoms with van der Waals surface area (Å²) in [5, 5.41) is 0. The van der Waals surface area contributed by atoms with Gasteiger partial charge in [-0.15, -0.1) is 0 Å². The third-order valence-corrected chi connectivity index (χ3v) is 4.39. The highest BCUT2D eigenvalue weighted by Gasteiger charge is 2.33. The van der Waals surface area contributed by atoms with Crippen molar-refractivity contribution >= 4 is 11.8 Å². The van der Waals surface area contributed by atoms with E-state index in [1.807, 2.05) is 45.1 Å². The summed E-state index contributed by atoms with van der Waals surface area (Å²) in [4.78, 5) is 4.51. The smallest absolute Gasteiger partial charge is 0.285 e. The van der Waals surface area contributed by atoms with E-state index in [0.717, 1.165) is 18.1 Å². The Morgan fingerprint density at radius 3 is 2.38 bits per heavy atom. The van der Waals surface area contributed by atoms with Gasteiger partial charge in [-0.25, -0.2) is 0 Å². The van der Waals surface area contributed by atoms with E-state index in [9.17, 15) is 13.2 Å². The third-order valence-electron chi connectivity index (χ3n) is 4.39. The normalized spacial score (nSPS) is 12.8. The summed E-state index contributed by atoms with van der Waals surface area (Å²) in [5.41, 5.74) is 4.08. The molecule has 0 fully saturated rings. The summed E-state index contributed by atoms with van der Waals surface area (Å²) >= 11 is 0. The van der Waals surface area contributed by atoms with Gasteiger partial charge in [0.1, 0.15) is 0 Å². The maximum Gasteiger partial charge on any atom is 0.416 e. The van der Waals surface area contributed by atoms with Crippen LogP contribution in [0.25, 0.3) is 6.08 Å². The number of aryl methyl sites for hydroxylation is 2. The lowest BCUT2D eigenvalue weighted by molar-refractivity contribution is -0.138. The van der Waals surface area contributed by atoms with E-state index in [0.29, 0.717) is 17.8 Å². The van der Waals surface area contributed by atoms with Crippen LogP contribution >= 0.6 is 0 Å². The van der Waals surface area contributed by atoms with Crippen LogP contribution in [0.15, 0.2) is 47.5 Å². The summed E-state index contributed by atoms with van der Waals surface area (Å²) in [5.74, 6) is 0. The standard InChI is InChI=1S/C22H24F3N/c1-5-13-26-21(12-11-18-10-9-15(2)16(3)14-18)19-7-6-8-20(17(19)4)22(23,24)25/h6-12,14H,5,13H2,1-4H3/b12-11+,26-21?. The number of allylic oxidation sites excluding steroid dienone is 1. The van der Waals surface area contributed by atoms with Gasteiger partial charge in [0.2, 0.25) is 0 Å². The Bertz CT molecular complexity index is 830.